The number of ketones is 1. The standard InChI is InChI=1S/C7H10O2/c1-2-4-7(9)5-3-6-8/h1,8H,3-6H2. The lowest BCUT2D eigenvalue weighted by Crippen LogP contribution is -1.96. The smallest absolute Gasteiger partial charge is 0.144 e. The number of carbonyl (C=O) groups excluding carboxylic acids is 1. The van der Waals surface area contributed by atoms with Crippen molar-refractivity contribution < 1.29 is 9.90 Å². The zero-order valence-electron chi connectivity index (χ0n) is 5.26. The number of hydrogen-bond acceptors (Lipinski definition) is 2. The summed E-state index contributed by atoms with van der Waals surface area (Å²) in [5.41, 5.74) is 0. The van der Waals surface area contributed by atoms with Crippen molar-refractivity contribution in [3.63, 3.8) is 0 Å². The van der Waals surface area contributed by atoms with Crippen LogP contribution in [0, 0.1) is 12.3 Å². The summed E-state index contributed by atoms with van der Waals surface area (Å²) in [4.78, 5) is 10.5. The molecule has 0 aliphatic rings. The molecule has 0 spiro atoms. The van der Waals surface area contributed by atoms with Crippen molar-refractivity contribution in [2.24, 2.45) is 0 Å². The van der Waals surface area contributed by atoms with Gasteiger partial charge in [-0.15, -0.1) is 6.42 Å². The van der Waals surface area contributed by atoms with E-state index in [1.807, 2.05) is 0 Å². The van der Waals surface area contributed by atoms with Gasteiger partial charge in [-0.1, -0.05) is 5.92 Å². The summed E-state index contributed by atoms with van der Waals surface area (Å²) in [6, 6.07) is 0. The van der Waals surface area contributed by atoms with Crippen molar-refractivity contribution in [1.82, 2.24) is 0 Å². The fourth-order valence-corrected chi connectivity index (χ4v) is 0.478. The van der Waals surface area contributed by atoms with Gasteiger partial charge in [-0.3, -0.25) is 4.79 Å². The number of Topliss-reactive ketones (excluding diaryl/α,β-unsaturated/α-hetero) is 1. The highest BCUT2D eigenvalue weighted by molar-refractivity contribution is 5.80. The number of aliphatic hydroxyl groups excluding tert-OH is 1. The first-order chi connectivity index (χ1) is 4.31. The number of terminal acetylenes is 1. The van der Waals surface area contributed by atoms with Gasteiger partial charge in [0.05, 0.1) is 6.42 Å². The molecule has 0 saturated heterocycles. The fourth-order valence-electron chi connectivity index (χ4n) is 0.478. The molecule has 0 bridgehead atoms. The lowest BCUT2D eigenvalue weighted by Gasteiger charge is -1.90. The molecule has 0 aromatic carbocycles. The minimum Gasteiger partial charge on any atom is -0.396 e. The van der Waals surface area contributed by atoms with E-state index in [0.29, 0.717) is 12.8 Å². The van der Waals surface area contributed by atoms with E-state index >= 15 is 0 Å². The van der Waals surface area contributed by atoms with E-state index in [-0.39, 0.29) is 18.8 Å². The van der Waals surface area contributed by atoms with Gasteiger partial charge in [-0.25, -0.2) is 0 Å². The Morgan fingerprint density at radius 2 is 2.33 bits per heavy atom. The third kappa shape index (κ3) is 5.05. The van der Waals surface area contributed by atoms with Gasteiger partial charge in [-0.05, 0) is 6.42 Å². The zero-order chi connectivity index (χ0) is 7.11. The average Bonchev–Trinajstić information content (AvgIpc) is 1.85. The maximum absolute atomic E-state index is 10.5. The summed E-state index contributed by atoms with van der Waals surface area (Å²) in [7, 11) is 0. The molecule has 0 aliphatic heterocycles. The predicted molar refractivity (Wildman–Crippen MR) is 34.8 cm³/mol. The molecule has 1 N–H and O–H groups in total. The van der Waals surface area contributed by atoms with E-state index in [9.17, 15) is 4.79 Å². The first-order valence-electron chi connectivity index (χ1n) is 2.87. The third-order valence-electron chi connectivity index (χ3n) is 0.913. The van der Waals surface area contributed by atoms with E-state index < -0.39 is 0 Å². The highest BCUT2D eigenvalue weighted by Gasteiger charge is 1.96. The number of carbonyl (C=O) groups is 1. The highest BCUT2D eigenvalue weighted by Crippen LogP contribution is 1.91. The summed E-state index contributed by atoms with van der Waals surface area (Å²) in [6.45, 7) is 0.0658. The first-order valence-corrected chi connectivity index (χ1v) is 2.87. The van der Waals surface area contributed by atoms with Gasteiger partial charge in [0.25, 0.3) is 0 Å². The summed E-state index contributed by atoms with van der Waals surface area (Å²) in [5, 5.41) is 8.28. The van der Waals surface area contributed by atoms with E-state index in [1.165, 1.54) is 0 Å². The van der Waals surface area contributed by atoms with Crippen molar-refractivity contribution in [3.8, 4) is 12.3 Å². The molecular formula is C7H10O2. The molecular weight excluding hydrogens is 116 g/mol. The maximum atomic E-state index is 10.5. The van der Waals surface area contributed by atoms with Crippen molar-refractivity contribution in [2.45, 2.75) is 19.3 Å². The molecule has 50 valence electrons. The van der Waals surface area contributed by atoms with E-state index in [0.717, 1.165) is 0 Å². The van der Waals surface area contributed by atoms with Crippen LogP contribution in [-0.4, -0.2) is 17.5 Å². The molecule has 0 rings (SSSR count). The van der Waals surface area contributed by atoms with Crippen molar-refractivity contribution in [2.75, 3.05) is 6.61 Å². The van der Waals surface area contributed by atoms with Gasteiger partial charge in [0.15, 0.2) is 0 Å². The minimum absolute atomic E-state index is 0.0338. The van der Waals surface area contributed by atoms with Gasteiger partial charge < -0.3 is 5.11 Å². The highest BCUT2D eigenvalue weighted by atomic mass is 16.3. The van der Waals surface area contributed by atoms with Gasteiger partial charge in [0.2, 0.25) is 0 Å². The SMILES string of the molecule is C#CCC(=O)CCCO. The molecule has 2 heteroatoms. The lowest BCUT2D eigenvalue weighted by atomic mass is 10.2. The second kappa shape index (κ2) is 5.33. The molecule has 0 fully saturated rings. The number of aliphatic hydroxyl groups is 1. The summed E-state index contributed by atoms with van der Waals surface area (Å²) in [5.74, 6) is 2.28. The Hall–Kier alpha value is -0.810. The Kier molecular flexibility index (Phi) is 4.85. The topological polar surface area (TPSA) is 37.3 Å². The molecule has 0 aromatic heterocycles. The van der Waals surface area contributed by atoms with Crippen molar-refractivity contribution >= 4 is 5.78 Å². The van der Waals surface area contributed by atoms with Crippen molar-refractivity contribution in [3.05, 3.63) is 0 Å². The van der Waals surface area contributed by atoms with Crippen LogP contribution in [0.15, 0.2) is 0 Å². The second-order valence-corrected chi connectivity index (χ2v) is 1.75. The Bertz CT molecular complexity index is 121. The fraction of sp³-hybridized carbons (Fsp3) is 0.571. The lowest BCUT2D eigenvalue weighted by molar-refractivity contribution is -0.118. The van der Waals surface area contributed by atoms with Crippen LogP contribution in [0.3, 0.4) is 0 Å². The minimum atomic E-state index is 0.0338. The average molecular weight is 126 g/mol. The van der Waals surface area contributed by atoms with Crippen LogP contribution in [0.1, 0.15) is 19.3 Å². The maximum Gasteiger partial charge on any atom is 0.144 e. The molecule has 0 heterocycles. The molecule has 0 saturated carbocycles. The molecule has 2 nitrogen and oxygen atoms in total. The van der Waals surface area contributed by atoms with Crippen LogP contribution < -0.4 is 0 Å². The van der Waals surface area contributed by atoms with Crippen LogP contribution in [0.2, 0.25) is 0 Å². The monoisotopic (exact) mass is 126 g/mol. The van der Waals surface area contributed by atoms with E-state index in [4.69, 9.17) is 11.5 Å². The van der Waals surface area contributed by atoms with Crippen LogP contribution in [0.4, 0.5) is 0 Å². The Morgan fingerprint density at radius 3 is 2.78 bits per heavy atom. The van der Waals surface area contributed by atoms with Gasteiger partial charge in [-0.2, -0.15) is 0 Å². The van der Waals surface area contributed by atoms with Gasteiger partial charge in [0.1, 0.15) is 5.78 Å². The molecule has 9 heavy (non-hydrogen) atoms. The Morgan fingerprint density at radius 1 is 1.67 bits per heavy atom. The second-order valence-electron chi connectivity index (χ2n) is 1.75. The molecule has 0 aromatic rings. The molecule has 0 radical (unpaired) electrons. The third-order valence-corrected chi connectivity index (χ3v) is 0.913. The van der Waals surface area contributed by atoms with Gasteiger partial charge >= 0.3 is 0 Å². The molecule has 0 unspecified atom stereocenters. The summed E-state index contributed by atoms with van der Waals surface area (Å²) < 4.78 is 0. The quantitative estimate of drug-likeness (QED) is 0.552. The molecule has 0 amide bonds. The normalized spacial score (nSPS) is 8.44. The van der Waals surface area contributed by atoms with Gasteiger partial charge in [0, 0.05) is 13.0 Å². The zero-order valence-corrected chi connectivity index (χ0v) is 5.26. The number of hydrogen-bond donors (Lipinski definition) is 1. The first kappa shape index (κ1) is 8.19. The predicted octanol–water partition coefficient (Wildman–Crippen LogP) is 0.351. The molecule has 0 atom stereocenters. The van der Waals surface area contributed by atoms with E-state index in [2.05, 4.69) is 5.92 Å². The summed E-state index contributed by atoms with van der Waals surface area (Å²) in [6.07, 6.45) is 5.99. The van der Waals surface area contributed by atoms with Crippen LogP contribution in [-0.2, 0) is 4.79 Å². The molecule has 0 aliphatic carbocycles. The van der Waals surface area contributed by atoms with Crippen LogP contribution >= 0.6 is 0 Å². The largest absolute Gasteiger partial charge is 0.396 e. The van der Waals surface area contributed by atoms with Crippen LogP contribution in [0.5, 0.6) is 0 Å². The summed E-state index contributed by atoms with van der Waals surface area (Å²) >= 11 is 0. The Balaban J connectivity index is 3.19. The Labute approximate surface area is 54.9 Å². The van der Waals surface area contributed by atoms with E-state index in [1.54, 1.807) is 0 Å². The van der Waals surface area contributed by atoms with Crippen molar-refractivity contribution in [1.29, 1.82) is 0 Å². The number of rotatable bonds is 4. The van der Waals surface area contributed by atoms with Crippen LogP contribution in [0.25, 0.3) is 0 Å².